The largest absolute Gasteiger partial charge is 0.497 e. The highest BCUT2D eigenvalue weighted by Crippen LogP contribution is 2.40. The Morgan fingerprint density at radius 3 is 1.93 bits per heavy atom. The van der Waals surface area contributed by atoms with Crippen LogP contribution in [0.4, 0.5) is 0 Å². The van der Waals surface area contributed by atoms with Crippen LogP contribution in [0.3, 0.4) is 0 Å². The number of ether oxygens (including phenoxy) is 2. The number of oxazole rings is 1. The number of nitrogens with zero attached hydrogens (tertiary/aromatic N) is 1. The Hall–Kier alpha value is -2.79. The molecule has 1 fully saturated rings. The van der Waals surface area contributed by atoms with Crippen LogP contribution >= 0.6 is 0 Å². The molecule has 2 heterocycles. The van der Waals surface area contributed by atoms with Crippen molar-refractivity contribution in [3.63, 3.8) is 0 Å². The molecule has 0 spiro atoms. The Kier molecular flexibility index (Phi) is 5.09. The third-order valence-corrected chi connectivity index (χ3v) is 5.57. The van der Waals surface area contributed by atoms with E-state index < -0.39 is 0 Å². The normalized spacial score (nSPS) is 16.0. The third-order valence-electron chi connectivity index (χ3n) is 5.57. The smallest absolute Gasteiger partial charge is 0.201 e. The Bertz CT molecular complexity index is 858. The summed E-state index contributed by atoms with van der Waals surface area (Å²) in [4.78, 5) is 4.98. The average Bonchev–Trinajstić information content (AvgIpc) is 3.21. The van der Waals surface area contributed by atoms with Gasteiger partial charge in [0.2, 0.25) is 5.89 Å². The number of rotatable bonds is 5. The molecule has 5 nitrogen and oxygen atoms in total. The fourth-order valence-corrected chi connectivity index (χ4v) is 3.65. The minimum absolute atomic E-state index is 0.0583. The molecule has 0 aliphatic carbocycles. The summed E-state index contributed by atoms with van der Waals surface area (Å²) in [6, 6.07) is 15.9. The van der Waals surface area contributed by atoms with Crippen LogP contribution < -0.4 is 14.8 Å². The number of benzene rings is 2. The Morgan fingerprint density at radius 2 is 1.39 bits per heavy atom. The molecule has 4 rings (SSSR count). The Labute approximate surface area is 165 Å². The van der Waals surface area contributed by atoms with Gasteiger partial charge in [0, 0.05) is 16.5 Å². The van der Waals surface area contributed by atoms with Gasteiger partial charge in [0.15, 0.2) is 5.76 Å². The van der Waals surface area contributed by atoms with Crippen molar-refractivity contribution in [3.8, 4) is 34.1 Å². The first-order valence-corrected chi connectivity index (χ1v) is 9.64. The van der Waals surface area contributed by atoms with Crippen molar-refractivity contribution in [1.29, 1.82) is 0 Å². The van der Waals surface area contributed by atoms with E-state index in [-0.39, 0.29) is 5.41 Å². The minimum Gasteiger partial charge on any atom is -0.497 e. The van der Waals surface area contributed by atoms with Gasteiger partial charge in [-0.2, -0.15) is 0 Å². The number of piperidine rings is 1. The zero-order valence-electron chi connectivity index (χ0n) is 16.6. The number of methoxy groups -OCH3 is 2. The van der Waals surface area contributed by atoms with E-state index in [0.29, 0.717) is 0 Å². The third kappa shape index (κ3) is 3.50. The quantitative estimate of drug-likeness (QED) is 0.699. The molecule has 5 heteroatoms. The second-order valence-electron chi connectivity index (χ2n) is 7.46. The summed E-state index contributed by atoms with van der Waals surface area (Å²) in [6.07, 6.45) is 2.02. The van der Waals surface area contributed by atoms with E-state index in [9.17, 15) is 0 Å². The Morgan fingerprint density at radius 1 is 0.857 bits per heavy atom. The summed E-state index contributed by atoms with van der Waals surface area (Å²) in [5, 5.41) is 3.42. The van der Waals surface area contributed by atoms with Crippen molar-refractivity contribution in [1.82, 2.24) is 10.3 Å². The molecule has 0 bridgehead atoms. The minimum atomic E-state index is -0.0583. The van der Waals surface area contributed by atoms with E-state index in [0.717, 1.165) is 65.9 Å². The summed E-state index contributed by atoms with van der Waals surface area (Å²) in [5.41, 5.74) is 2.81. The number of hydrogen-bond donors (Lipinski definition) is 1. The van der Waals surface area contributed by atoms with E-state index >= 15 is 0 Å². The van der Waals surface area contributed by atoms with Crippen LogP contribution in [0.25, 0.3) is 22.6 Å². The van der Waals surface area contributed by atoms with Gasteiger partial charge in [-0.25, -0.2) is 4.98 Å². The molecule has 0 atom stereocenters. The maximum atomic E-state index is 6.42. The second-order valence-corrected chi connectivity index (χ2v) is 7.46. The lowest BCUT2D eigenvalue weighted by Crippen LogP contribution is -2.37. The highest BCUT2D eigenvalue weighted by Gasteiger charge is 2.35. The second kappa shape index (κ2) is 7.68. The lowest BCUT2D eigenvalue weighted by molar-refractivity contribution is 0.271. The molecule has 0 amide bonds. The van der Waals surface area contributed by atoms with E-state index in [1.54, 1.807) is 14.2 Å². The van der Waals surface area contributed by atoms with Gasteiger partial charge in [-0.15, -0.1) is 0 Å². The SMILES string of the molecule is COc1ccc(-c2nc(C3(C)CCNCC3)oc2-c2ccc(OC)cc2)cc1. The van der Waals surface area contributed by atoms with E-state index in [2.05, 4.69) is 12.2 Å². The molecule has 0 saturated carbocycles. The van der Waals surface area contributed by atoms with Crippen LogP contribution in [0.5, 0.6) is 11.5 Å². The van der Waals surface area contributed by atoms with Crippen molar-refractivity contribution in [3.05, 3.63) is 54.4 Å². The molecule has 146 valence electrons. The van der Waals surface area contributed by atoms with Gasteiger partial charge in [0.05, 0.1) is 14.2 Å². The molecule has 1 aliphatic rings. The zero-order valence-corrected chi connectivity index (χ0v) is 16.6. The standard InChI is InChI=1S/C23H26N2O3/c1-23(12-14-24-15-13-23)22-25-20(16-4-8-18(26-2)9-5-16)21(28-22)17-6-10-19(27-3)11-7-17/h4-11,24H,12-15H2,1-3H3. The fourth-order valence-electron chi connectivity index (χ4n) is 3.65. The van der Waals surface area contributed by atoms with Crippen LogP contribution in [0.1, 0.15) is 25.7 Å². The van der Waals surface area contributed by atoms with Crippen molar-refractivity contribution in [2.75, 3.05) is 27.3 Å². The van der Waals surface area contributed by atoms with E-state index in [1.165, 1.54) is 0 Å². The predicted molar refractivity (Wildman–Crippen MR) is 110 cm³/mol. The monoisotopic (exact) mass is 378 g/mol. The van der Waals surface area contributed by atoms with Gasteiger partial charge in [-0.3, -0.25) is 0 Å². The molecule has 0 unspecified atom stereocenters. The molecule has 1 N–H and O–H groups in total. The first-order valence-electron chi connectivity index (χ1n) is 9.64. The van der Waals surface area contributed by atoms with Crippen LogP contribution in [0.2, 0.25) is 0 Å². The first kappa shape index (κ1) is 18.6. The maximum absolute atomic E-state index is 6.42. The van der Waals surface area contributed by atoms with Gasteiger partial charge in [0.25, 0.3) is 0 Å². The summed E-state index contributed by atoms with van der Waals surface area (Å²) in [5.74, 6) is 3.25. The zero-order chi connectivity index (χ0) is 19.6. The average molecular weight is 378 g/mol. The summed E-state index contributed by atoms with van der Waals surface area (Å²) in [6.45, 7) is 4.21. The molecule has 1 aliphatic heterocycles. The maximum Gasteiger partial charge on any atom is 0.201 e. The molecule has 1 aromatic heterocycles. The summed E-state index contributed by atoms with van der Waals surface area (Å²) >= 11 is 0. The molecular formula is C23H26N2O3. The van der Waals surface area contributed by atoms with Gasteiger partial charge >= 0.3 is 0 Å². The molecular weight excluding hydrogens is 352 g/mol. The molecule has 1 saturated heterocycles. The summed E-state index contributed by atoms with van der Waals surface area (Å²) in [7, 11) is 3.34. The summed E-state index contributed by atoms with van der Waals surface area (Å²) < 4.78 is 17.0. The molecule has 3 aromatic rings. The Balaban J connectivity index is 1.81. The topological polar surface area (TPSA) is 56.5 Å². The fraction of sp³-hybridized carbons (Fsp3) is 0.348. The lowest BCUT2D eigenvalue weighted by Gasteiger charge is -2.30. The van der Waals surface area contributed by atoms with Crippen molar-refractivity contribution >= 4 is 0 Å². The molecule has 0 radical (unpaired) electrons. The van der Waals surface area contributed by atoms with Crippen molar-refractivity contribution in [2.45, 2.75) is 25.2 Å². The van der Waals surface area contributed by atoms with E-state index in [1.807, 2.05) is 48.5 Å². The molecule has 28 heavy (non-hydrogen) atoms. The van der Waals surface area contributed by atoms with Crippen LogP contribution in [-0.2, 0) is 5.41 Å². The van der Waals surface area contributed by atoms with Gasteiger partial charge in [-0.1, -0.05) is 6.92 Å². The first-order chi connectivity index (χ1) is 13.6. The van der Waals surface area contributed by atoms with Crippen molar-refractivity contribution < 1.29 is 13.9 Å². The van der Waals surface area contributed by atoms with Crippen molar-refractivity contribution in [2.24, 2.45) is 0 Å². The highest BCUT2D eigenvalue weighted by atomic mass is 16.5. The van der Waals surface area contributed by atoms with E-state index in [4.69, 9.17) is 18.9 Å². The van der Waals surface area contributed by atoms with Crippen LogP contribution in [0.15, 0.2) is 52.9 Å². The predicted octanol–water partition coefficient (Wildman–Crippen LogP) is 4.67. The number of aromatic nitrogens is 1. The van der Waals surface area contributed by atoms with Crippen LogP contribution in [0, 0.1) is 0 Å². The van der Waals surface area contributed by atoms with Gasteiger partial charge in [0.1, 0.15) is 17.2 Å². The van der Waals surface area contributed by atoms with Gasteiger partial charge in [-0.05, 0) is 74.5 Å². The van der Waals surface area contributed by atoms with Crippen LogP contribution in [-0.4, -0.2) is 32.3 Å². The number of nitrogens with one attached hydrogen (secondary N) is 1. The lowest BCUT2D eigenvalue weighted by atomic mass is 9.81. The number of hydrogen-bond acceptors (Lipinski definition) is 5. The highest BCUT2D eigenvalue weighted by molar-refractivity contribution is 5.77. The van der Waals surface area contributed by atoms with Gasteiger partial charge < -0.3 is 19.2 Å². The molecule has 2 aromatic carbocycles.